The first-order valence-electron chi connectivity index (χ1n) is 3.87. The Morgan fingerprint density at radius 3 is 2.62 bits per heavy atom. The molecule has 1 aromatic heterocycles. The van der Waals surface area contributed by atoms with Gasteiger partial charge in [-0.3, -0.25) is 4.79 Å². The summed E-state index contributed by atoms with van der Waals surface area (Å²) in [6.45, 7) is 0. The summed E-state index contributed by atoms with van der Waals surface area (Å²) in [5.41, 5.74) is 0.692. The van der Waals surface area contributed by atoms with Gasteiger partial charge in [0.1, 0.15) is 0 Å². The molecule has 0 spiro atoms. The molecular formula is C10H7NOS. The van der Waals surface area contributed by atoms with Gasteiger partial charge in [0.15, 0.2) is 5.01 Å². The number of benzene rings is 1. The molecule has 0 saturated heterocycles. The number of carbonyl (C=O) groups is 1. The molecule has 0 radical (unpaired) electrons. The summed E-state index contributed by atoms with van der Waals surface area (Å²) in [4.78, 5) is 15.6. The number of ketones is 1. The Morgan fingerprint density at radius 2 is 2.00 bits per heavy atom. The van der Waals surface area contributed by atoms with Crippen LogP contribution in [0.4, 0.5) is 0 Å². The van der Waals surface area contributed by atoms with E-state index in [0.29, 0.717) is 10.6 Å². The summed E-state index contributed by atoms with van der Waals surface area (Å²) in [6.07, 6.45) is 1.64. The maximum Gasteiger partial charge on any atom is 0.221 e. The Morgan fingerprint density at radius 1 is 1.23 bits per heavy atom. The highest BCUT2D eigenvalue weighted by Gasteiger charge is 2.09. The second-order valence-corrected chi connectivity index (χ2v) is 3.43. The van der Waals surface area contributed by atoms with Crippen molar-refractivity contribution in [1.82, 2.24) is 4.98 Å². The van der Waals surface area contributed by atoms with Crippen LogP contribution in [-0.2, 0) is 0 Å². The van der Waals surface area contributed by atoms with Crippen LogP contribution in [0, 0.1) is 0 Å². The minimum absolute atomic E-state index is 0.00407. The minimum Gasteiger partial charge on any atom is -0.286 e. The molecule has 0 fully saturated rings. The molecule has 0 saturated carbocycles. The monoisotopic (exact) mass is 189 g/mol. The number of carbonyl (C=O) groups excluding carboxylic acids is 1. The Kier molecular flexibility index (Phi) is 2.19. The van der Waals surface area contributed by atoms with Gasteiger partial charge in [0.2, 0.25) is 5.78 Å². The minimum atomic E-state index is -0.00407. The smallest absolute Gasteiger partial charge is 0.221 e. The van der Waals surface area contributed by atoms with E-state index in [0.717, 1.165) is 0 Å². The Bertz CT molecular complexity index is 394. The van der Waals surface area contributed by atoms with E-state index < -0.39 is 0 Å². The molecule has 2 aromatic rings. The molecule has 0 unspecified atom stereocenters. The second kappa shape index (κ2) is 3.49. The van der Waals surface area contributed by atoms with Crippen LogP contribution in [0.25, 0.3) is 0 Å². The van der Waals surface area contributed by atoms with E-state index in [9.17, 15) is 4.79 Å². The molecule has 0 aliphatic carbocycles. The third-order valence-electron chi connectivity index (χ3n) is 1.66. The van der Waals surface area contributed by atoms with Crippen LogP contribution < -0.4 is 0 Å². The molecule has 1 heterocycles. The van der Waals surface area contributed by atoms with Crippen molar-refractivity contribution in [2.45, 2.75) is 0 Å². The predicted molar refractivity (Wildman–Crippen MR) is 52.0 cm³/mol. The lowest BCUT2D eigenvalue weighted by molar-refractivity contribution is 0.103. The van der Waals surface area contributed by atoms with E-state index in [2.05, 4.69) is 4.98 Å². The van der Waals surface area contributed by atoms with Crippen LogP contribution in [0.3, 0.4) is 0 Å². The van der Waals surface area contributed by atoms with Gasteiger partial charge in [-0.15, -0.1) is 11.3 Å². The number of aromatic nitrogens is 1. The Balaban J connectivity index is 2.34. The first kappa shape index (κ1) is 8.13. The van der Waals surface area contributed by atoms with Gasteiger partial charge in [0, 0.05) is 17.1 Å². The largest absolute Gasteiger partial charge is 0.286 e. The van der Waals surface area contributed by atoms with Crippen molar-refractivity contribution in [1.29, 1.82) is 0 Å². The Labute approximate surface area is 79.9 Å². The van der Waals surface area contributed by atoms with Crippen molar-refractivity contribution in [2.75, 3.05) is 0 Å². The molecule has 0 atom stereocenters. The van der Waals surface area contributed by atoms with Crippen molar-refractivity contribution in [3.8, 4) is 0 Å². The lowest BCUT2D eigenvalue weighted by atomic mass is 10.1. The quantitative estimate of drug-likeness (QED) is 0.679. The second-order valence-electron chi connectivity index (χ2n) is 2.53. The van der Waals surface area contributed by atoms with E-state index in [-0.39, 0.29) is 5.78 Å². The number of hydrogen-bond donors (Lipinski definition) is 0. The van der Waals surface area contributed by atoms with E-state index in [1.165, 1.54) is 11.3 Å². The lowest BCUT2D eigenvalue weighted by Crippen LogP contribution is -1.99. The van der Waals surface area contributed by atoms with Gasteiger partial charge < -0.3 is 0 Å². The molecule has 0 aliphatic heterocycles. The zero-order valence-corrected chi connectivity index (χ0v) is 7.62. The molecule has 1 aromatic carbocycles. The van der Waals surface area contributed by atoms with Gasteiger partial charge in [-0.1, -0.05) is 30.3 Å². The maximum atomic E-state index is 11.7. The molecule has 13 heavy (non-hydrogen) atoms. The first-order chi connectivity index (χ1) is 6.38. The fourth-order valence-corrected chi connectivity index (χ4v) is 1.65. The van der Waals surface area contributed by atoms with Crippen LogP contribution in [0.15, 0.2) is 41.9 Å². The number of rotatable bonds is 2. The molecular weight excluding hydrogens is 182 g/mol. The van der Waals surface area contributed by atoms with E-state index in [4.69, 9.17) is 0 Å². The zero-order chi connectivity index (χ0) is 9.10. The molecule has 0 aliphatic rings. The molecule has 64 valence electrons. The molecule has 0 N–H and O–H groups in total. The summed E-state index contributed by atoms with van der Waals surface area (Å²) >= 11 is 1.37. The molecule has 2 nitrogen and oxygen atoms in total. The highest BCUT2D eigenvalue weighted by molar-refractivity contribution is 7.11. The number of nitrogens with zero attached hydrogens (tertiary/aromatic N) is 1. The maximum absolute atomic E-state index is 11.7. The highest BCUT2D eigenvalue weighted by atomic mass is 32.1. The van der Waals surface area contributed by atoms with E-state index in [1.807, 2.05) is 18.2 Å². The third kappa shape index (κ3) is 1.65. The van der Waals surface area contributed by atoms with Crippen LogP contribution in [0.1, 0.15) is 15.4 Å². The number of hydrogen-bond acceptors (Lipinski definition) is 3. The Hall–Kier alpha value is -1.48. The summed E-state index contributed by atoms with van der Waals surface area (Å²) in [5, 5.41) is 2.35. The van der Waals surface area contributed by atoms with Gasteiger partial charge in [0.05, 0.1) is 0 Å². The summed E-state index contributed by atoms with van der Waals surface area (Å²) in [5.74, 6) is -0.00407. The average Bonchev–Trinajstić information content (AvgIpc) is 2.71. The first-order valence-corrected chi connectivity index (χ1v) is 4.75. The highest BCUT2D eigenvalue weighted by Crippen LogP contribution is 2.11. The average molecular weight is 189 g/mol. The SMILES string of the molecule is O=C(c1ccccc1)c1nccs1. The topological polar surface area (TPSA) is 30.0 Å². The zero-order valence-electron chi connectivity index (χ0n) is 6.81. The van der Waals surface area contributed by atoms with Gasteiger partial charge in [0.25, 0.3) is 0 Å². The predicted octanol–water partition coefficient (Wildman–Crippen LogP) is 2.37. The van der Waals surface area contributed by atoms with Crippen molar-refractivity contribution in [3.05, 3.63) is 52.5 Å². The summed E-state index contributed by atoms with van der Waals surface area (Å²) in [6, 6.07) is 9.17. The summed E-state index contributed by atoms with van der Waals surface area (Å²) in [7, 11) is 0. The summed E-state index contributed by atoms with van der Waals surface area (Å²) < 4.78 is 0. The van der Waals surface area contributed by atoms with Gasteiger partial charge in [-0.25, -0.2) is 4.98 Å². The van der Waals surface area contributed by atoms with Crippen LogP contribution in [0.5, 0.6) is 0 Å². The van der Waals surface area contributed by atoms with E-state index in [1.54, 1.807) is 23.7 Å². The molecule has 0 bridgehead atoms. The van der Waals surface area contributed by atoms with Crippen molar-refractivity contribution in [2.24, 2.45) is 0 Å². The normalized spacial score (nSPS) is 9.85. The van der Waals surface area contributed by atoms with Crippen molar-refractivity contribution < 1.29 is 4.79 Å². The van der Waals surface area contributed by atoms with Crippen molar-refractivity contribution in [3.63, 3.8) is 0 Å². The van der Waals surface area contributed by atoms with Gasteiger partial charge in [-0.05, 0) is 0 Å². The number of thiazole rings is 1. The van der Waals surface area contributed by atoms with Crippen LogP contribution in [-0.4, -0.2) is 10.8 Å². The third-order valence-corrected chi connectivity index (χ3v) is 2.43. The van der Waals surface area contributed by atoms with Crippen LogP contribution in [0.2, 0.25) is 0 Å². The fraction of sp³-hybridized carbons (Fsp3) is 0. The lowest BCUT2D eigenvalue weighted by Gasteiger charge is -1.94. The van der Waals surface area contributed by atoms with Gasteiger partial charge >= 0.3 is 0 Å². The molecule has 2 rings (SSSR count). The fourth-order valence-electron chi connectivity index (χ4n) is 1.05. The standard InChI is InChI=1S/C10H7NOS/c12-9(10-11-6-7-13-10)8-4-2-1-3-5-8/h1-7H. The molecule has 0 amide bonds. The van der Waals surface area contributed by atoms with Crippen LogP contribution >= 0.6 is 11.3 Å². The molecule has 3 heteroatoms. The van der Waals surface area contributed by atoms with Gasteiger partial charge in [-0.2, -0.15) is 0 Å². The van der Waals surface area contributed by atoms with Crippen molar-refractivity contribution >= 4 is 17.1 Å². The van der Waals surface area contributed by atoms with E-state index >= 15 is 0 Å².